The topological polar surface area (TPSA) is 67.7 Å². The lowest BCUT2D eigenvalue weighted by atomic mass is 10.1. The molecule has 128 valence electrons. The summed E-state index contributed by atoms with van der Waals surface area (Å²) < 4.78 is 3.40. The van der Waals surface area contributed by atoms with Gasteiger partial charge < -0.3 is 9.51 Å². The molecule has 4 rings (SSSR count). The maximum Gasteiger partial charge on any atom is 0.316 e. The Kier molecular flexibility index (Phi) is 7.21. The highest BCUT2D eigenvalue weighted by Crippen LogP contribution is 2.23. The second kappa shape index (κ2) is 8.95. The van der Waals surface area contributed by atoms with Crippen molar-refractivity contribution < 1.29 is 5.11 Å². The van der Waals surface area contributed by atoms with Gasteiger partial charge in [-0.2, -0.15) is 5.10 Å². The summed E-state index contributed by atoms with van der Waals surface area (Å²) in [6.45, 7) is 2.04. The van der Waals surface area contributed by atoms with Gasteiger partial charge in [-0.3, -0.25) is 0 Å². The van der Waals surface area contributed by atoms with Crippen LogP contribution in [-0.4, -0.2) is 57.5 Å². The number of aliphatic hydroxyl groups is 1. The van der Waals surface area contributed by atoms with Crippen LogP contribution in [0.2, 0.25) is 5.15 Å². The first kappa shape index (κ1) is 20.1. The molecule has 1 unspecified atom stereocenters. The summed E-state index contributed by atoms with van der Waals surface area (Å²) >= 11 is 9.05. The predicted molar refractivity (Wildman–Crippen MR) is 105 cm³/mol. The molecule has 0 fully saturated rings. The fourth-order valence-corrected chi connectivity index (χ4v) is 2.46. The molecule has 0 aliphatic carbocycles. The average Bonchev–Trinajstić information content (AvgIpc) is 3.20. The third kappa shape index (κ3) is 4.32. The van der Waals surface area contributed by atoms with Gasteiger partial charge in [0.1, 0.15) is 16.9 Å². The van der Waals surface area contributed by atoms with Crippen molar-refractivity contribution in [3.63, 3.8) is 0 Å². The van der Waals surface area contributed by atoms with Crippen LogP contribution in [0.25, 0.3) is 11.3 Å². The number of alkyl halides is 1. The fraction of sp³-hybridized carbons (Fsp3) is 0.188. The number of imidazole rings is 2. The van der Waals surface area contributed by atoms with E-state index in [9.17, 15) is 5.11 Å². The monoisotopic (exact) mass is 433 g/mol. The van der Waals surface area contributed by atoms with Crippen LogP contribution in [0.15, 0.2) is 49.1 Å². The molecule has 0 spiro atoms. The number of aliphatic hydroxyl groups excluding tert-OH is 1. The summed E-state index contributed by atoms with van der Waals surface area (Å²) in [5.74, 6) is 0. The number of hydrogen-bond donors (Lipinski definition) is 1. The Morgan fingerprint density at radius 2 is 1.92 bits per heavy atom. The minimum absolute atomic E-state index is 0. The van der Waals surface area contributed by atoms with E-state index in [0.717, 1.165) is 16.5 Å². The molecule has 0 aromatic carbocycles. The van der Waals surface area contributed by atoms with Crippen molar-refractivity contribution in [3.8, 4) is 0 Å². The molecule has 4 aromatic heterocycles. The van der Waals surface area contributed by atoms with Crippen LogP contribution in [0.5, 0.6) is 0 Å². The molecule has 0 amide bonds. The highest BCUT2D eigenvalue weighted by atomic mass is 79.9. The molecule has 6 nitrogen and oxygen atoms in total. The molecule has 0 bridgehead atoms. The van der Waals surface area contributed by atoms with Gasteiger partial charge in [-0.1, -0.05) is 40.5 Å². The zero-order valence-corrected chi connectivity index (χ0v) is 15.2. The van der Waals surface area contributed by atoms with Gasteiger partial charge in [0.25, 0.3) is 0 Å². The number of halogens is 2. The van der Waals surface area contributed by atoms with E-state index in [4.69, 9.17) is 11.6 Å². The molecule has 9 heteroatoms. The van der Waals surface area contributed by atoms with Gasteiger partial charge in [-0.25, -0.2) is 14.5 Å². The SMILES string of the molecule is CCBr.OC(c1ccc2nccn2c1)c1cnc2ccc(Cl)nn12.[MgH2]. The van der Waals surface area contributed by atoms with Crippen molar-refractivity contribution in [2.24, 2.45) is 0 Å². The minimum Gasteiger partial charge on any atom is -0.382 e. The molecule has 1 atom stereocenters. The average molecular weight is 435 g/mol. The lowest BCUT2D eigenvalue weighted by Crippen LogP contribution is -2.06. The number of fused-ring (bicyclic) bond motifs is 2. The molecule has 4 aromatic rings. The predicted octanol–water partition coefficient (Wildman–Crippen LogP) is 2.60. The normalized spacial score (nSPS) is 11.7. The van der Waals surface area contributed by atoms with E-state index in [1.54, 1.807) is 29.0 Å². The van der Waals surface area contributed by atoms with Gasteiger partial charge in [0.2, 0.25) is 0 Å². The number of aromatic nitrogens is 5. The van der Waals surface area contributed by atoms with Crippen LogP contribution in [0, 0.1) is 0 Å². The van der Waals surface area contributed by atoms with E-state index in [0.29, 0.717) is 16.5 Å². The van der Waals surface area contributed by atoms with Crippen molar-refractivity contribution in [2.75, 3.05) is 5.33 Å². The Labute approximate surface area is 174 Å². The van der Waals surface area contributed by atoms with Crippen molar-refractivity contribution in [3.05, 3.63) is 65.5 Å². The number of nitrogens with zero attached hydrogens (tertiary/aromatic N) is 5. The summed E-state index contributed by atoms with van der Waals surface area (Å²) in [5, 5.41) is 16.2. The summed E-state index contributed by atoms with van der Waals surface area (Å²) in [4.78, 5) is 8.40. The van der Waals surface area contributed by atoms with Crippen LogP contribution in [0.1, 0.15) is 24.3 Å². The molecule has 0 aliphatic heterocycles. The van der Waals surface area contributed by atoms with Crippen molar-refractivity contribution in [1.29, 1.82) is 0 Å². The van der Waals surface area contributed by atoms with Gasteiger partial charge in [-0.05, 0) is 18.2 Å². The van der Waals surface area contributed by atoms with Crippen molar-refractivity contribution in [2.45, 2.75) is 13.0 Å². The van der Waals surface area contributed by atoms with E-state index in [-0.39, 0.29) is 23.1 Å². The van der Waals surface area contributed by atoms with Crippen LogP contribution in [0.3, 0.4) is 0 Å². The molecular weight excluding hydrogens is 418 g/mol. The van der Waals surface area contributed by atoms with Gasteiger partial charge in [0.15, 0.2) is 5.65 Å². The summed E-state index contributed by atoms with van der Waals surface area (Å²) in [6, 6.07) is 7.10. The Hall–Kier alpha value is -1.19. The van der Waals surface area contributed by atoms with Crippen molar-refractivity contribution in [1.82, 2.24) is 24.0 Å². The van der Waals surface area contributed by atoms with Crippen molar-refractivity contribution >= 4 is 61.9 Å². The molecule has 4 heterocycles. The van der Waals surface area contributed by atoms with E-state index >= 15 is 0 Å². The third-order valence-electron chi connectivity index (χ3n) is 3.36. The summed E-state index contributed by atoms with van der Waals surface area (Å²) in [6.07, 6.45) is 6.12. The lowest BCUT2D eigenvalue weighted by molar-refractivity contribution is 0.212. The Morgan fingerprint density at radius 1 is 1.20 bits per heavy atom. The molecule has 0 saturated carbocycles. The number of pyridine rings is 1. The van der Waals surface area contributed by atoms with E-state index < -0.39 is 6.10 Å². The molecular formula is C16H17BrClMgN5O. The van der Waals surface area contributed by atoms with Crippen LogP contribution >= 0.6 is 27.5 Å². The molecule has 25 heavy (non-hydrogen) atoms. The zero-order valence-electron chi connectivity index (χ0n) is 12.8. The Bertz CT molecular complexity index is 973. The first-order chi connectivity index (χ1) is 11.6. The van der Waals surface area contributed by atoms with E-state index in [1.165, 1.54) is 0 Å². The Balaban J connectivity index is 0.000000528. The standard InChI is InChI=1S/C14H10ClN5O.C2H5Br.Mg.2H/c15-11-2-4-13-17-7-10(20(13)18-11)14(21)9-1-3-12-16-5-6-19(12)8-9;1-2-3;;;/h1-8,14,21H;2H2,1H3;;;. The minimum atomic E-state index is -0.849. The van der Waals surface area contributed by atoms with Gasteiger partial charge in [0, 0.05) is 29.5 Å². The maximum absolute atomic E-state index is 10.6. The quantitative estimate of drug-likeness (QED) is 0.389. The van der Waals surface area contributed by atoms with Gasteiger partial charge in [0.05, 0.1) is 11.9 Å². The van der Waals surface area contributed by atoms with E-state index in [2.05, 4.69) is 31.0 Å². The van der Waals surface area contributed by atoms with Gasteiger partial charge >= 0.3 is 23.1 Å². The maximum atomic E-state index is 10.6. The third-order valence-corrected chi connectivity index (χ3v) is 3.57. The summed E-state index contributed by atoms with van der Waals surface area (Å²) in [7, 11) is 0. The number of rotatable bonds is 2. The lowest BCUT2D eigenvalue weighted by Gasteiger charge is -2.10. The molecule has 0 aliphatic rings. The second-order valence-electron chi connectivity index (χ2n) is 4.93. The first-order valence-electron chi connectivity index (χ1n) is 7.31. The zero-order chi connectivity index (χ0) is 17.1. The molecule has 0 radical (unpaired) electrons. The Morgan fingerprint density at radius 3 is 2.68 bits per heavy atom. The first-order valence-corrected chi connectivity index (χ1v) is 8.80. The molecule has 0 saturated heterocycles. The van der Waals surface area contributed by atoms with Crippen LogP contribution < -0.4 is 0 Å². The van der Waals surface area contributed by atoms with Gasteiger partial charge in [-0.15, -0.1) is 0 Å². The highest BCUT2D eigenvalue weighted by Gasteiger charge is 2.17. The second-order valence-corrected chi connectivity index (χ2v) is 6.44. The van der Waals surface area contributed by atoms with Crippen LogP contribution in [-0.2, 0) is 0 Å². The van der Waals surface area contributed by atoms with E-state index in [1.807, 2.05) is 35.9 Å². The molecule has 1 N–H and O–H groups in total. The smallest absolute Gasteiger partial charge is 0.316 e. The fourth-order valence-electron chi connectivity index (χ4n) is 2.32. The largest absolute Gasteiger partial charge is 0.382 e. The number of hydrogen-bond acceptors (Lipinski definition) is 4. The highest BCUT2D eigenvalue weighted by molar-refractivity contribution is 9.09. The van der Waals surface area contributed by atoms with Crippen LogP contribution in [0.4, 0.5) is 0 Å². The summed E-state index contributed by atoms with van der Waals surface area (Å²) in [5.41, 5.74) is 2.75.